The molecule has 0 aliphatic heterocycles. The summed E-state index contributed by atoms with van der Waals surface area (Å²) in [4.78, 5) is 3.58. The predicted octanol–water partition coefficient (Wildman–Crippen LogP) is 2.81. The van der Waals surface area contributed by atoms with E-state index in [0.29, 0.717) is 0 Å². The summed E-state index contributed by atoms with van der Waals surface area (Å²) in [5.41, 5.74) is 5.35. The predicted molar refractivity (Wildman–Crippen MR) is 79.0 cm³/mol. The molecule has 2 N–H and O–H groups in total. The smallest absolute Gasteiger partial charge is 0.143 e. The molecule has 0 fully saturated rings. The van der Waals surface area contributed by atoms with Crippen LogP contribution in [0, 0.1) is 12.8 Å². The average molecular weight is 258 g/mol. The van der Waals surface area contributed by atoms with E-state index in [2.05, 4.69) is 29.4 Å². The number of hydrogen-bond donors (Lipinski definition) is 2. The molecule has 1 heterocycles. The molecule has 1 aliphatic carbocycles. The van der Waals surface area contributed by atoms with E-state index in [1.807, 2.05) is 7.05 Å². The number of aromatic nitrogens is 1. The summed E-state index contributed by atoms with van der Waals surface area (Å²) >= 11 is 0. The van der Waals surface area contributed by atoms with Crippen molar-refractivity contribution in [1.82, 2.24) is 10.3 Å². The van der Waals surface area contributed by atoms with Crippen LogP contribution in [0.5, 0.6) is 5.75 Å². The van der Waals surface area contributed by atoms with Gasteiger partial charge in [0.1, 0.15) is 5.75 Å². The number of aryl methyl sites for hydroxylation is 2. The lowest BCUT2D eigenvalue weighted by Gasteiger charge is -2.22. The Hall–Kier alpha value is -1.48. The molecule has 0 radical (unpaired) electrons. The fourth-order valence-corrected chi connectivity index (χ4v) is 3.32. The van der Waals surface area contributed by atoms with E-state index in [4.69, 9.17) is 4.74 Å². The molecule has 1 atom stereocenters. The first-order chi connectivity index (χ1) is 9.22. The Morgan fingerprint density at radius 3 is 3.00 bits per heavy atom. The third-order valence-electron chi connectivity index (χ3n) is 4.22. The van der Waals surface area contributed by atoms with E-state index >= 15 is 0 Å². The number of H-pyrrole nitrogens is 1. The molecular formula is C16H22N2O. The second kappa shape index (κ2) is 4.89. The van der Waals surface area contributed by atoms with Crippen molar-refractivity contribution in [2.24, 2.45) is 5.92 Å². The number of fused-ring (bicyclic) bond motifs is 3. The van der Waals surface area contributed by atoms with E-state index < -0.39 is 0 Å². The van der Waals surface area contributed by atoms with Gasteiger partial charge in [0.05, 0.1) is 12.6 Å². The fourth-order valence-electron chi connectivity index (χ4n) is 3.32. The van der Waals surface area contributed by atoms with Gasteiger partial charge >= 0.3 is 0 Å². The van der Waals surface area contributed by atoms with Crippen LogP contribution in [0.25, 0.3) is 10.9 Å². The van der Waals surface area contributed by atoms with Gasteiger partial charge in [-0.25, -0.2) is 0 Å². The van der Waals surface area contributed by atoms with E-state index in [0.717, 1.165) is 24.6 Å². The van der Waals surface area contributed by atoms with Crippen molar-refractivity contribution in [3.05, 3.63) is 29.0 Å². The first-order valence-electron chi connectivity index (χ1n) is 7.05. The molecule has 0 amide bonds. The molecule has 3 rings (SSSR count). The quantitative estimate of drug-likeness (QED) is 0.888. The van der Waals surface area contributed by atoms with Crippen LogP contribution in [0.15, 0.2) is 12.1 Å². The molecule has 102 valence electrons. The molecule has 0 saturated heterocycles. The third-order valence-corrected chi connectivity index (χ3v) is 4.22. The highest BCUT2D eigenvalue weighted by Gasteiger charge is 2.23. The van der Waals surface area contributed by atoms with E-state index in [9.17, 15) is 0 Å². The minimum atomic E-state index is 0.753. The highest BCUT2D eigenvalue weighted by atomic mass is 16.5. The van der Waals surface area contributed by atoms with Crippen molar-refractivity contribution >= 4 is 10.9 Å². The summed E-state index contributed by atoms with van der Waals surface area (Å²) in [6, 6.07) is 4.39. The molecule has 1 aromatic carbocycles. The normalized spacial score (nSPS) is 18.6. The maximum absolute atomic E-state index is 5.52. The first-order valence-corrected chi connectivity index (χ1v) is 7.05. The Morgan fingerprint density at radius 2 is 2.26 bits per heavy atom. The van der Waals surface area contributed by atoms with Crippen molar-refractivity contribution in [3.63, 3.8) is 0 Å². The Bertz CT molecular complexity index is 600. The van der Waals surface area contributed by atoms with Gasteiger partial charge in [0.2, 0.25) is 0 Å². The molecule has 1 aliphatic rings. The van der Waals surface area contributed by atoms with Gasteiger partial charge in [0, 0.05) is 11.1 Å². The van der Waals surface area contributed by atoms with Gasteiger partial charge in [-0.15, -0.1) is 0 Å². The summed E-state index contributed by atoms with van der Waals surface area (Å²) in [7, 11) is 3.79. The van der Waals surface area contributed by atoms with Crippen LogP contribution in [0.3, 0.4) is 0 Å². The lowest BCUT2D eigenvalue weighted by atomic mass is 9.86. The molecule has 3 heteroatoms. The van der Waals surface area contributed by atoms with E-state index in [-0.39, 0.29) is 0 Å². The van der Waals surface area contributed by atoms with Crippen molar-refractivity contribution in [2.75, 3.05) is 20.7 Å². The monoisotopic (exact) mass is 258 g/mol. The second-order valence-corrected chi connectivity index (χ2v) is 5.64. The topological polar surface area (TPSA) is 37.0 Å². The highest BCUT2D eigenvalue weighted by molar-refractivity contribution is 5.90. The molecule has 3 nitrogen and oxygen atoms in total. The van der Waals surface area contributed by atoms with Crippen LogP contribution in [0.1, 0.15) is 23.2 Å². The maximum atomic E-state index is 5.52. The van der Waals surface area contributed by atoms with Gasteiger partial charge < -0.3 is 15.0 Å². The van der Waals surface area contributed by atoms with Crippen molar-refractivity contribution in [1.29, 1.82) is 0 Å². The number of methoxy groups -OCH3 is 1. The Labute approximate surface area is 114 Å². The van der Waals surface area contributed by atoms with Crippen LogP contribution in [-0.4, -0.2) is 25.7 Å². The van der Waals surface area contributed by atoms with Crippen LogP contribution in [0.4, 0.5) is 0 Å². The van der Waals surface area contributed by atoms with Crippen LogP contribution >= 0.6 is 0 Å². The zero-order chi connectivity index (χ0) is 13.4. The Kier molecular flexibility index (Phi) is 3.23. The van der Waals surface area contributed by atoms with Crippen LogP contribution in [0.2, 0.25) is 0 Å². The summed E-state index contributed by atoms with van der Waals surface area (Å²) in [6.45, 7) is 3.24. The lowest BCUT2D eigenvalue weighted by Crippen LogP contribution is -2.24. The van der Waals surface area contributed by atoms with Gasteiger partial charge in [-0.2, -0.15) is 0 Å². The third kappa shape index (κ3) is 2.12. The largest absolute Gasteiger partial charge is 0.495 e. The summed E-state index contributed by atoms with van der Waals surface area (Å²) in [6.07, 6.45) is 3.59. The number of ether oxygens (including phenoxy) is 1. The van der Waals surface area contributed by atoms with Crippen LogP contribution in [-0.2, 0) is 12.8 Å². The molecule has 0 spiro atoms. The Morgan fingerprint density at radius 1 is 1.42 bits per heavy atom. The molecule has 1 unspecified atom stereocenters. The number of rotatable bonds is 3. The zero-order valence-corrected chi connectivity index (χ0v) is 12.0. The summed E-state index contributed by atoms with van der Waals surface area (Å²) in [5.74, 6) is 1.72. The minimum Gasteiger partial charge on any atom is -0.495 e. The maximum Gasteiger partial charge on any atom is 0.143 e. The van der Waals surface area contributed by atoms with E-state index in [1.54, 1.807) is 7.11 Å². The fraction of sp³-hybridized carbons (Fsp3) is 0.500. The molecule has 19 heavy (non-hydrogen) atoms. The van der Waals surface area contributed by atoms with Gasteiger partial charge in [0.25, 0.3) is 0 Å². The standard InChI is InChI=1S/C16H22N2O/c1-10-6-13-12-8-11(9-17-2)4-5-14(12)18-16(13)15(7-10)19-3/h6-7,11,17-18H,4-5,8-9H2,1-3H3. The number of hydrogen-bond acceptors (Lipinski definition) is 2. The second-order valence-electron chi connectivity index (χ2n) is 5.64. The van der Waals surface area contributed by atoms with Gasteiger partial charge in [-0.3, -0.25) is 0 Å². The summed E-state index contributed by atoms with van der Waals surface area (Å²) < 4.78 is 5.52. The Balaban J connectivity index is 2.10. The summed E-state index contributed by atoms with van der Waals surface area (Å²) in [5, 5.41) is 4.66. The minimum absolute atomic E-state index is 0.753. The number of aromatic amines is 1. The van der Waals surface area contributed by atoms with Gasteiger partial charge in [-0.05, 0) is 69.0 Å². The zero-order valence-electron chi connectivity index (χ0n) is 12.0. The van der Waals surface area contributed by atoms with E-state index in [1.165, 1.54) is 40.6 Å². The average Bonchev–Trinajstić information content (AvgIpc) is 2.76. The highest BCUT2D eigenvalue weighted by Crippen LogP contribution is 2.36. The van der Waals surface area contributed by atoms with Crippen molar-refractivity contribution < 1.29 is 4.74 Å². The van der Waals surface area contributed by atoms with Crippen molar-refractivity contribution in [2.45, 2.75) is 26.2 Å². The van der Waals surface area contributed by atoms with Crippen molar-refractivity contribution in [3.8, 4) is 5.75 Å². The molecular weight excluding hydrogens is 236 g/mol. The molecule has 0 saturated carbocycles. The first kappa shape index (κ1) is 12.5. The molecule has 2 aromatic rings. The molecule has 1 aromatic heterocycles. The van der Waals surface area contributed by atoms with Crippen LogP contribution < -0.4 is 10.1 Å². The number of benzene rings is 1. The SMILES string of the molecule is CNCC1CCc2[nH]c3c(OC)cc(C)cc3c2C1. The van der Waals surface area contributed by atoms with Gasteiger partial charge in [0.15, 0.2) is 0 Å². The number of nitrogens with one attached hydrogen (secondary N) is 2. The lowest BCUT2D eigenvalue weighted by molar-refractivity contribution is 0.418. The molecule has 0 bridgehead atoms. The van der Waals surface area contributed by atoms with Gasteiger partial charge in [-0.1, -0.05) is 0 Å².